The number of hydrogen-bond donors (Lipinski definition) is 1. The summed E-state index contributed by atoms with van der Waals surface area (Å²) in [5.74, 6) is 0.906. The molecular weight excluding hydrogens is 260 g/mol. The molecule has 1 aliphatic rings. The summed E-state index contributed by atoms with van der Waals surface area (Å²) < 4.78 is 5.78. The molecule has 3 heterocycles. The van der Waals surface area contributed by atoms with Crippen LogP contribution in [0.5, 0.6) is 0 Å². The smallest absolute Gasteiger partial charge is 0.138 e. The molecule has 0 aliphatic carbocycles. The number of fused-ring (bicyclic) bond motifs is 1. The van der Waals surface area contributed by atoms with Crippen LogP contribution < -0.4 is 5.32 Å². The Kier molecular flexibility index (Phi) is 3.91. The zero-order chi connectivity index (χ0) is 13.1. The fourth-order valence-corrected chi connectivity index (χ4v) is 3.07. The lowest BCUT2D eigenvalue weighted by atomic mass is 10.2. The van der Waals surface area contributed by atoms with Crippen LogP contribution in [-0.4, -0.2) is 53.8 Å². The number of rotatable bonds is 4. The normalized spacial score (nSPS) is 20.8. The van der Waals surface area contributed by atoms with Gasteiger partial charge in [0.2, 0.25) is 0 Å². The molecule has 0 saturated carbocycles. The Morgan fingerprint density at radius 2 is 2.47 bits per heavy atom. The summed E-state index contributed by atoms with van der Waals surface area (Å²) in [6.07, 6.45) is 1.85. The van der Waals surface area contributed by atoms with Crippen LogP contribution in [0.15, 0.2) is 17.8 Å². The van der Waals surface area contributed by atoms with Crippen molar-refractivity contribution in [1.82, 2.24) is 14.9 Å². The summed E-state index contributed by atoms with van der Waals surface area (Å²) in [4.78, 5) is 12.0. The molecule has 0 aromatic carbocycles. The number of nitrogens with zero attached hydrogens (tertiary/aromatic N) is 3. The van der Waals surface area contributed by atoms with Gasteiger partial charge < -0.3 is 10.1 Å². The van der Waals surface area contributed by atoms with E-state index in [-0.39, 0.29) is 6.10 Å². The number of morpholine rings is 1. The van der Waals surface area contributed by atoms with E-state index in [9.17, 15) is 0 Å². The average molecular weight is 278 g/mol. The van der Waals surface area contributed by atoms with Gasteiger partial charge in [0.1, 0.15) is 17.0 Å². The number of hydrogen-bond acceptors (Lipinski definition) is 6. The fourth-order valence-electron chi connectivity index (χ4n) is 2.33. The van der Waals surface area contributed by atoms with Crippen molar-refractivity contribution in [1.29, 1.82) is 0 Å². The van der Waals surface area contributed by atoms with Gasteiger partial charge in [-0.1, -0.05) is 6.92 Å². The number of nitrogens with one attached hydrogen (secondary N) is 1. The molecule has 2 aromatic rings. The van der Waals surface area contributed by atoms with Crippen molar-refractivity contribution in [2.45, 2.75) is 13.0 Å². The number of thiophene rings is 1. The predicted octanol–water partition coefficient (Wildman–Crippen LogP) is 1.82. The molecule has 0 amide bonds. The van der Waals surface area contributed by atoms with E-state index in [1.165, 1.54) is 0 Å². The zero-order valence-corrected chi connectivity index (χ0v) is 11.8. The Bertz CT molecular complexity index is 544. The highest BCUT2D eigenvalue weighted by atomic mass is 32.1. The van der Waals surface area contributed by atoms with E-state index in [0.717, 1.165) is 48.8 Å². The van der Waals surface area contributed by atoms with Crippen LogP contribution >= 0.6 is 11.3 Å². The summed E-state index contributed by atoms with van der Waals surface area (Å²) in [6.45, 7) is 6.91. The highest BCUT2D eigenvalue weighted by molar-refractivity contribution is 7.16. The van der Waals surface area contributed by atoms with Gasteiger partial charge >= 0.3 is 0 Å². The second-order valence-electron chi connectivity index (χ2n) is 4.63. The second-order valence-corrected chi connectivity index (χ2v) is 5.52. The molecule has 3 rings (SSSR count). The number of ether oxygens (including phenoxy) is 1. The first-order chi connectivity index (χ1) is 9.36. The lowest BCUT2D eigenvalue weighted by molar-refractivity contribution is -0.0192. The Morgan fingerprint density at radius 3 is 3.37 bits per heavy atom. The van der Waals surface area contributed by atoms with Crippen LogP contribution in [0.3, 0.4) is 0 Å². The van der Waals surface area contributed by atoms with Crippen LogP contribution in [0.4, 0.5) is 5.82 Å². The Morgan fingerprint density at radius 1 is 1.53 bits per heavy atom. The quantitative estimate of drug-likeness (QED) is 0.924. The van der Waals surface area contributed by atoms with Crippen molar-refractivity contribution >= 4 is 27.4 Å². The number of anilines is 1. The van der Waals surface area contributed by atoms with E-state index < -0.39 is 0 Å². The minimum Gasteiger partial charge on any atom is -0.374 e. The van der Waals surface area contributed by atoms with Gasteiger partial charge in [0.05, 0.1) is 18.1 Å². The van der Waals surface area contributed by atoms with Gasteiger partial charge in [-0.25, -0.2) is 9.97 Å². The third-order valence-corrected chi connectivity index (χ3v) is 4.25. The Hall–Kier alpha value is -1.24. The Labute approximate surface area is 116 Å². The summed E-state index contributed by atoms with van der Waals surface area (Å²) in [5.41, 5.74) is 0. The van der Waals surface area contributed by atoms with Crippen LogP contribution in [0.25, 0.3) is 10.2 Å². The van der Waals surface area contributed by atoms with E-state index >= 15 is 0 Å². The summed E-state index contributed by atoms with van der Waals surface area (Å²) in [5, 5.41) is 6.53. The lowest BCUT2D eigenvalue weighted by Gasteiger charge is -2.32. The molecular formula is C13H18N4OS. The minimum absolute atomic E-state index is 0.234. The third-order valence-electron chi connectivity index (χ3n) is 3.43. The van der Waals surface area contributed by atoms with E-state index in [1.807, 2.05) is 5.38 Å². The second kappa shape index (κ2) is 5.81. The van der Waals surface area contributed by atoms with Crippen LogP contribution in [0, 0.1) is 0 Å². The molecule has 5 nitrogen and oxygen atoms in total. The monoisotopic (exact) mass is 278 g/mol. The SMILES string of the molecule is CCN1CCO[C@@H](CNc2ncnc3sccc23)C1. The Balaban J connectivity index is 1.64. The molecule has 102 valence electrons. The summed E-state index contributed by atoms with van der Waals surface area (Å²) in [6, 6.07) is 2.06. The van der Waals surface area contributed by atoms with Crippen molar-refractivity contribution < 1.29 is 4.74 Å². The summed E-state index contributed by atoms with van der Waals surface area (Å²) >= 11 is 1.64. The molecule has 1 aliphatic heterocycles. The van der Waals surface area contributed by atoms with Crippen molar-refractivity contribution in [3.63, 3.8) is 0 Å². The van der Waals surface area contributed by atoms with Crippen LogP contribution in [0.1, 0.15) is 6.92 Å². The maximum atomic E-state index is 5.78. The zero-order valence-electron chi connectivity index (χ0n) is 11.0. The van der Waals surface area contributed by atoms with E-state index in [0.29, 0.717) is 0 Å². The van der Waals surface area contributed by atoms with Crippen molar-refractivity contribution in [3.8, 4) is 0 Å². The number of aromatic nitrogens is 2. The maximum absolute atomic E-state index is 5.78. The van der Waals surface area contributed by atoms with E-state index in [2.05, 4.69) is 33.2 Å². The van der Waals surface area contributed by atoms with Gasteiger partial charge in [0, 0.05) is 19.6 Å². The molecule has 0 radical (unpaired) electrons. The van der Waals surface area contributed by atoms with Gasteiger partial charge in [0.15, 0.2) is 0 Å². The van der Waals surface area contributed by atoms with Crippen LogP contribution in [-0.2, 0) is 4.74 Å². The molecule has 0 spiro atoms. The first kappa shape index (κ1) is 12.8. The largest absolute Gasteiger partial charge is 0.374 e. The molecule has 1 fully saturated rings. The highest BCUT2D eigenvalue weighted by Crippen LogP contribution is 2.23. The van der Waals surface area contributed by atoms with Crippen molar-refractivity contribution in [2.75, 3.05) is 38.1 Å². The maximum Gasteiger partial charge on any atom is 0.138 e. The molecule has 0 bridgehead atoms. The van der Waals surface area contributed by atoms with Crippen molar-refractivity contribution in [2.24, 2.45) is 0 Å². The summed E-state index contributed by atoms with van der Waals surface area (Å²) in [7, 11) is 0. The predicted molar refractivity (Wildman–Crippen MR) is 77.8 cm³/mol. The van der Waals surface area contributed by atoms with Gasteiger partial charge in [-0.2, -0.15) is 0 Å². The lowest BCUT2D eigenvalue weighted by Crippen LogP contribution is -2.45. The van der Waals surface area contributed by atoms with E-state index in [1.54, 1.807) is 17.7 Å². The highest BCUT2D eigenvalue weighted by Gasteiger charge is 2.19. The average Bonchev–Trinajstić information content (AvgIpc) is 2.94. The third kappa shape index (κ3) is 2.86. The molecule has 19 heavy (non-hydrogen) atoms. The van der Waals surface area contributed by atoms with E-state index in [4.69, 9.17) is 4.74 Å². The van der Waals surface area contributed by atoms with Gasteiger partial charge in [-0.15, -0.1) is 11.3 Å². The van der Waals surface area contributed by atoms with Gasteiger partial charge in [0.25, 0.3) is 0 Å². The molecule has 0 unspecified atom stereocenters. The topological polar surface area (TPSA) is 50.3 Å². The fraction of sp³-hybridized carbons (Fsp3) is 0.538. The van der Waals surface area contributed by atoms with Crippen LogP contribution in [0.2, 0.25) is 0 Å². The van der Waals surface area contributed by atoms with Gasteiger partial charge in [-0.05, 0) is 18.0 Å². The first-order valence-electron chi connectivity index (χ1n) is 6.63. The minimum atomic E-state index is 0.234. The van der Waals surface area contributed by atoms with Crippen molar-refractivity contribution in [3.05, 3.63) is 17.8 Å². The molecule has 2 aromatic heterocycles. The molecule has 1 N–H and O–H groups in total. The standard InChI is InChI=1S/C13H18N4OS/c1-2-17-4-5-18-10(8-17)7-14-12-11-3-6-19-13(11)16-9-15-12/h3,6,9-10H,2,4-5,7-8H2,1H3,(H,14,15,16)/t10-/m0/s1. The molecule has 1 atom stereocenters. The molecule has 1 saturated heterocycles. The van der Waals surface area contributed by atoms with Gasteiger partial charge in [-0.3, -0.25) is 4.90 Å². The molecule has 6 heteroatoms. The first-order valence-corrected chi connectivity index (χ1v) is 7.51. The number of likely N-dealkylation sites (N-methyl/N-ethyl adjacent to an activating group) is 1.